The quantitative estimate of drug-likeness (QED) is 0.332. The van der Waals surface area contributed by atoms with Crippen LogP contribution in [0.25, 0.3) is 44.3 Å². The molecule has 30 heavy (non-hydrogen) atoms. The van der Waals surface area contributed by atoms with E-state index in [4.69, 9.17) is 18.2 Å². The Hall–Kier alpha value is -3.59. The van der Waals surface area contributed by atoms with Crippen LogP contribution in [0.5, 0.6) is 0 Å². The van der Waals surface area contributed by atoms with E-state index in [-0.39, 0.29) is 58.3 Å². The van der Waals surface area contributed by atoms with Gasteiger partial charge < -0.3 is 0 Å². The molecule has 5 aromatic rings. The normalized spacial score (nSPS) is 14.3. The second-order valence-corrected chi connectivity index (χ2v) is 7.52. The molecule has 0 amide bonds. The maximum Gasteiger partial charge on any atom is 0.164 e. The molecule has 3 nitrogen and oxygen atoms in total. The largest absolute Gasteiger partial charge is 0.213 e. The van der Waals surface area contributed by atoms with E-state index < -0.39 is 6.04 Å². The van der Waals surface area contributed by atoms with Crippen molar-refractivity contribution in [3.8, 4) is 22.8 Å². The van der Waals surface area contributed by atoms with E-state index in [1.165, 1.54) is 0 Å². The van der Waals surface area contributed by atoms with E-state index >= 15 is 0 Å². The summed E-state index contributed by atoms with van der Waals surface area (Å²) < 4.78 is 50.8. The SMILES string of the molecule is [2H]c1c([2H])c([2H])c2c(-c3nc(-c4cccc5ccccc45)nc(C(C)C)n3)c([2H])c([2H])c(C)c2c1[2H]. The van der Waals surface area contributed by atoms with Crippen LogP contribution in [0, 0.1) is 6.92 Å². The first-order chi connectivity index (χ1) is 17.1. The van der Waals surface area contributed by atoms with Gasteiger partial charge >= 0.3 is 0 Å². The zero-order chi connectivity index (χ0) is 25.9. The number of aromatic nitrogens is 3. The fourth-order valence-corrected chi connectivity index (χ4v) is 3.53. The minimum atomic E-state index is -0.405. The van der Waals surface area contributed by atoms with Crippen molar-refractivity contribution < 1.29 is 8.22 Å². The predicted molar refractivity (Wildman–Crippen MR) is 125 cm³/mol. The molecule has 5 rings (SSSR count). The van der Waals surface area contributed by atoms with Gasteiger partial charge in [0.15, 0.2) is 11.6 Å². The third-order valence-electron chi connectivity index (χ3n) is 5.11. The van der Waals surface area contributed by atoms with Crippen molar-refractivity contribution in [3.05, 3.63) is 90.1 Å². The van der Waals surface area contributed by atoms with Crippen LogP contribution in [0.3, 0.4) is 0 Å². The van der Waals surface area contributed by atoms with E-state index in [0.717, 1.165) is 16.3 Å². The summed E-state index contributed by atoms with van der Waals surface area (Å²) in [6.07, 6.45) is 0. The number of nitrogens with zero attached hydrogens (tertiary/aromatic N) is 3. The first kappa shape index (κ1) is 12.9. The Morgan fingerprint density at radius 3 is 2.20 bits per heavy atom. The summed E-state index contributed by atoms with van der Waals surface area (Å²) in [6, 6.07) is 12.1. The zero-order valence-corrected chi connectivity index (χ0v) is 17.0. The number of aryl methyl sites for hydroxylation is 1. The van der Waals surface area contributed by atoms with Crippen molar-refractivity contribution in [2.75, 3.05) is 0 Å². The monoisotopic (exact) mass is 395 g/mol. The van der Waals surface area contributed by atoms with Crippen LogP contribution in [0.1, 0.15) is 39.4 Å². The van der Waals surface area contributed by atoms with Crippen molar-refractivity contribution in [2.45, 2.75) is 26.7 Å². The Bertz CT molecular complexity index is 1680. The average Bonchev–Trinajstić information content (AvgIpc) is 2.88. The molecule has 0 fully saturated rings. The van der Waals surface area contributed by atoms with Crippen LogP contribution >= 0.6 is 0 Å². The zero-order valence-electron chi connectivity index (χ0n) is 23.0. The predicted octanol–water partition coefficient (Wildman–Crippen LogP) is 6.94. The summed E-state index contributed by atoms with van der Waals surface area (Å²) in [4.78, 5) is 14.1. The van der Waals surface area contributed by atoms with Crippen molar-refractivity contribution >= 4 is 21.5 Å². The van der Waals surface area contributed by atoms with E-state index in [1.54, 1.807) is 6.92 Å². The summed E-state index contributed by atoms with van der Waals surface area (Å²) in [7, 11) is 0. The van der Waals surface area contributed by atoms with Crippen LogP contribution in [-0.2, 0) is 0 Å². The standard InChI is InChI=1S/C27H23N3/c1-17(2)25-28-26(23-14-8-10-19-9-4-5-12-21(19)23)30-27(29-25)24-16-15-18(3)20-11-6-7-13-22(20)24/h4-17H,1-3H3/i6D,7D,11D,13D,15D,16D. The molecule has 0 aliphatic rings. The smallest absolute Gasteiger partial charge is 0.164 e. The number of rotatable bonds is 3. The number of hydrogen-bond acceptors (Lipinski definition) is 3. The molecule has 4 aromatic carbocycles. The van der Waals surface area contributed by atoms with Gasteiger partial charge in [-0.05, 0) is 34.0 Å². The highest BCUT2D eigenvalue weighted by atomic mass is 15.0. The Morgan fingerprint density at radius 2 is 1.40 bits per heavy atom. The molecule has 0 atom stereocenters. The third-order valence-corrected chi connectivity index (χ3v) is 5.11. The van der Waals surface area contributed by atoms with Gasteiger partial charge in [0.25, 0.3) is 0 Å². The van der Waals surface area contributed by atoms with Crippen LogP contribution < -0.4 is 0 Å². The molecule has 0 aliphatic carbocycles. The van der Waals surface area contributed by atoms with Crippen LogP contribution in [0.2, 0.25) is 0 Å². The Labute approximate surface area is 184 Å². The van der Waals surface area contributed by atoms with Gasteiger partial charge in [-0.2, -0.15) is 0 Å². The fraction of sp³-hybridized carbons (Fsp3) is 0.148. The summed E-state index contributed by atoms with van der Waals surface area (Å²) in [6.45, 7) is 5.49. The van der Waals surface area contributed by atoms with Gasteiger partial charge in [-0.25, -0.2) is 15.0 Å². The van der Waals surface area contributed by atoms with Crippen molar-refractivity contribution in [2.24, 2.45) is 0 Å². The molecule has 0 spiro atoms. The number of benzene rings is 4. The van der Waals surface area contributed by atoms with Gasteiger partial charge in [0.1, 0.15) is 5.82 Å². The lowest BCUT2D eigenvalue weighted by atomic mass is 9.99. The summed E-state index contributed by atoms with van der Waals surface area (Å²) in [5.74, 6) is 0.935. The molecule has 0 bridgehead atoms. The van der Waals surface area contributed by atoms with Gasteiger partial charge in [-0.15, -0.1) is 0 Å². The first-order valence-corrected chi connectivity index (χ1v) is 9.86. The lowest BCUT2D eigenvalue weighted by Gasteiger charge is -2.13. The molecule has 0 aliphatic heterocycles. The Morgan fingerprint density at radius 1 is 0.700 bits per heavy atom. The summed E-state index contributed by atoms with van der Waals surface area (Å²) in [5, 5.41) is 2.32. The molecular formula is C27H23N3. The summed E-state index contributed by atoms with van der Waals surface area (Å²) >= 11 is 0. The number of hydrogen-bond donors (Lipinski definition) is 0. The second kappa shape index (κ2) is 7.34. The maximum absolute atomic E-state index is 8.79. The topological polar surface area (TPSA) is 38.7 Å². The van der Waals surface area contributed by atoms with E-state index in [0.29, 0.717) is 17.2 Å². The van der Waals surface area contributed by atoms with Gasteiger partial charge in [0.2, 0.25) is 0 Å². The lowest BCUT2D eigenvalue weighted by molar-refractivity contribution is 0.766. The average molecular weight is 396 g/mol. The summed E-state index contributed by atoms with van der Waals surface area (Å²) in [5.41, 5.74) is 1.21. The molecule has 0 saturated heterocycles. The highest BCUT2D eigenvalue weighted by Crippen LogP contribution is 2.32. The van der Waals surface area contributed by atoms with Crippen LogP contribution in [-0.4, -0.2) is 15.0 Å². The molecular weight excluding hydrogens is 366 g/mol. The minimum absolute atomic E-state index is 0.0735. The maximum atomic E-state index is 8.79. The Kier molecular flexibility index (Phi) is 3.15. The molecule has 1 heterocycles. The van der Waals surface area contributed by atoms with Crippen molar-refractivity contribution in [1.82, 2.24) is 15.0 Å². The van der Waals surface area contributed by atoms with E-state index in [9.17, 15) is 0 Å². The fourth-order valence-electron chi connectivity index (χ4n) is 3.53. The second-order valence-electron chi connectivity index (χ2n) is 7.52. The first-order valence-electron chi connectivity index (χ1n) is 12.9. The molecule has 146 valence electrons. The Balaban J connectivity index is 1.93. The molecule has 0 radical (unpaired) electrons. The lowest BCUT2D eigenvalue weighted by Crippen LogP contribution is -2.05. The molecule has 0 unspecified atom stereocenters. The van der Waals surface area contributed by atoms with Crippen molar-refractivity contribution in [1.29, 1.82) is 0 Å². The molecule has 0 saturated carbocycles. The van der Waals surface area contributed by atoms with Crippen LogP contribution in [0.15, 0.2) is 78.7 Å². The van der Waals surface area contributed by atoms with Gasteiger partial charge in [0.05, 0.1) is 8.22 Å². The van der Waals surface area contributed by atoms with Gasteiger partial charge in [-0.1, -0.05) is 92.6 Å². The highest BCUT2D eigenvalue weighted by molar-refractivity contribution is 5.98. The number of fused-ring (bicyclic) bond motifs is 2. The molecule has 3 heteroatoms. The molecule has 1 aromatic heterocycles. The third kappa shape index (κ3) is 3.13. The van der Waals surface area contributed by atoms with Gasteiger partial charge in [-0.3, -0.25) is 0 Å². The van der Waals surface area contributed by atoms with E-state index in [2.05, 4.69) is 4.98 Å². The van der Waals surface area contributed by atoms with Crippen molar-refractivity contribution in [3.63, 3.8) is 0 Å². The van der Waals surface area contributed by atoms with Gasteiger partial charge in [0, 0.05) is 17.0 Å². The molecule has 0 N–H and O–H groups in total. The highest BCUT2D eigenvalue weighted by Gasteiger charge is 2.16. The van der Waals surface area contributed by atoms with E-state index in [1.807, 2.05) is 56.3 Å². The minimum Gasteiger partial charge on any atom is -0.213 e. The van der Waals surface area contributed by atoms with Crippen LogP contribution in [0.4, 0.5) is 0 Å².